The quantitative estimate of drug-likeness (QED) is 0.927. The van der Waals surface area contributed by atoms with E-state index in [1.54, 1.807) is 13.0 Å². The largest absolute Gasteiger partial charge is 0.491 e. The van der Waals surface area contributed by atoms with Crippen LogP contribution in [0.2, 0.25) is 0 Å². The van der Waals surface area contributed by atoms with Crippen molar-refractivity contribution in [1.29, 1.82) is 0 Å². The molecule has 0 saturated carbocycles. The molecule has 118 valence electrons. The number of para-hydroxylation sites is 1. The monoisotopic (exact) mass is 322 g/mol. The average molecular weight is 322 g/mol. The Labute approximate surface area is 129 Å². The molecule has 6 nitrogen and oxygen atoms in total. The van der Waals surface area contributed by atoms with Gasteiger partial charge < -0.3 is 9.26 Å². The second-order valence-electron chi connectivity index (χ2n) is 5.59. The molecule has 0 unspecified atom stereocenters. The van der Waals surface area contributed by atoms with Crippen molar-refractivity contribution in [1.82, 2.24) is 9.88 Å². The molecule has 1 aliphatic rings. The predicted molar refractivity (Wildman–Crippen MR) is 81.2 cm³/mol. The first-order chi connectivity index (χ1) is 10.4. The van der Waals surface area contributed by atoms with Gasteiger partial charge in [-0.2, -0.15) is 0 Å². The van der Waals surface area contributed by atoms with Crippen LogP contribution in [-0.2, 0) is 22.2 Å². The summed E-state index contributed by atoms with van der Waals surface area (Å²) in [7, 11) is -3.50. The average Bonchev–Trinajstić information content (AvgIpc) is 2.82. The fourth-order valence-electron chi connectivity index (χ4n) is 2.63. The molecule has 0 saturated heterocycles. The van der Waals surface area contributed by atoms with Gasteiger partial charge >= 0.3 is 0 Å². The van der Waals surface area contributed by atoms with Crippen LogP contribution in [-0.4, -0.2) is 26.2 Å². The second-order valence-corrected chi connectivity index (χ2v) is 7.34. The molecule has 0 amide bonds. The van der Waals surface area contributed by atoms with Crippen LogP contribution in [0.4, 0.5) is 0 Å². The third kappa shape index (κ3) is 3.31. The van der Waals surface area contributed by atoms with Crippen LogP contribution in [0.3, 0.4) is 0 Å². The highest BCUT2D eigenvalue weighted by atomic mass is 32.2. The van der Waals surface area contributed by atoms with Crippen LogP contribution in [0.15, 0.2) is 28.8 Å². The number of aryl methyl sites for hydroxylation is 2. The number of benzene rings is 1. The maximum Gasteiger partial charge on any atom is 0.219 e. The maximum absolute atomic E-state index is 12.2. The number of fused-ring (bicyclic) bond motifs is 1. The number of sulfonamides is 1. The third-order valence-corrected chi connectivity index (χ3v) is 4.90. The predicted octanol–water partition coefficient (Wildman–Crippen LogP) is 1.71. The number of hydrogen-bond donors (Lipinski definition) is 1. The molecule has 1 aromatic heterocycles. The highest BCUT2D eigenvalue weighted by Gasteiger charge is 2.26. The van der Waals surface area contributed by atoms with E-state index in [1.165, 1.54) is 0 Å². The van der Waals surface area contributed by atoms with Crippen molar-refractivity contribution >= 4 is 10.0 Å². The first kappa shape index (κ1) is 15.1. The summed E-state index contributed by atoms with van der Waals surface area (Å²) < 4.78 is 37.7. The molecule has 0 aliphatic carbocycles. The number of nitrogens with one attached hydrogen (secondary N) is 1. The molecule has 1 aliphatic heterocycles. The van der Waals surface area contributed by atoms with E-state index >= 15 is 0 Å². The van der Waals surface area contributed by atoms with E-state index in [1.807, 2.05) is 25.1 Å². The fourth-order valence-corrected chi connectivity index (χ4v) is 3.88. The molecular formula is C15H18N2O4S. The highest BCUT2D eigenvalue weighted by molar-refractivity contribution is 7.88. The summed E-state index contributed by atoms with van der Waals surface area (Å²) in [4.78, 5) is 0. The lowest BCUT2D eigenvalue weighted by Gasteiger charge is -2.26. The van der Waals surface area contributed by atoms with Crippen LogP contribution in [0.5, 0.6) is 5.75 Å². The van der Waals surface area contributed by atoms with Gasteiger partial charge in [0.15, 0.2) is 5.76 Å². The SMILES string of the molecule is Cc1cc(CS(=O)(=O)N[C@@H]2COc3c(C)cccc3C2)on1. The van der Waals surface area contributed by atoms with Crippen LogP contribution < -0.4 is 9.46 Å². The van der Waals surface area contributed by atoms with Crippen molar-refractivity contribution in [3.05, 3.63) is 46.8 Å². The fraction of sp³-hybridized carbons (Fsp3) is 0.400. The molecule has 0 fully saturated rings. The summed E-state index contributed by atoms with van der Waals surface area (Å²) in [6.45, 7) is 4.06. The van der Waals surface area contributed by atoms with Gasteiger partial charge in [0, 0.05) is 6.07 Å². The summed E-state index contributed by atoms with van der Waals surface area (Å²) >= 11 is 0. The van der Waals surface area contributed by atoms with Crippen LogP contribution in [0.1, 0.15) is 22.6 Å². The minimum absolute atomic E-state index is 0.217. The van der Waals surface area contributed by atoms with Crippen molar-refractivity contribution < 1.29 is 17.7 Å². The van der Waals surface area contributed by atoms with Crippen LogP contribution in [0, 0.1) is 13.8 Å². The van der Waals surface area contributed by atoms with Gasteiger partial charge in [0.05, 0.1) is 11.7 Å². The van der Waals surface area contributed by atoms with Gasteiger partial charge in [-0.15, -0.1) is 0 Å². The molecule has 1 aromatic carbocycles. The minimum Gasteiger partial charge on any atom is -0.491 e. The Bertz CT molecular complexity index is 783. The molecule has 1 N–H and O–H groups in total. The summed E-state index contributed by atoms with van der Waals surface area (Å²) in [5.41, 5.74) is 2.75. The lowest BCUT2D eigenvalue weighted by atomic mass is 10.0. The van der Waals surface area contributed by atoms with Gasteiger partial charge in [-0.05, 0) is 31.4 Å². The van der Waals surface area contributed by atoms with Gasteiger partial charge in [-0.25, -0.2) is 13.1 Å². The number of nitrogens with zero attached hydrogens (tertiary/aromatic N) is 1. The Morgan fingerprint density at radius 2 is 2.18 bits per heavy atom. The number of aromatic nitrogens is 1. The summed E-state index contributed by atoms with van der Waals surface area (Å²) in [5.74, 6) is 0.979. The molecule has 0 radical (unpaired) electrons. The molecule has 0 spiro atoms. The molecule has 1 atom stereocenters. The lowest BCUT2D eigenvalue weighted by Crippen LogP contribution is -2.43. The Morgan fingerprint density at radius 1 is 1.36 bits per heavy atom. The summed E-state index contributed by atoms with van der Waals surface area (Å²) in [6.07, 6.45) is 0.617. The molecular weight excluding hydrogens is 304 g/mol. The minimum atomic E-state index is -3.50. The van der Waals surface area contributed by atoms with E-state index in [9.17, 15) is 8.42 Å². The van der Waals surface area contributed by atoms with E-state index in [4.69, 9.17) is 9.26 Å². The third-order valence-electron chi connectivity index (χ3n) is 3.54. The summed E-state index contributed by atoms with van der Waals surface area (Å²) in [5, 5.41) is 3.70. The Balaban J connectivity index is 1.69. The zero-order valence-corrected chi connectivity index (χ0v) is 13.3. The molecule has 22 heavy (non-hydrogen) atoms. The van der Waals surface area contributed by atoms with Gasteiger partial charge in [-0.3, -0.25) is 0 Å². The molecule has 2 heterocycles. The Morgan fingerprint density at radius 3 is 2.91 bits per heavy atom. The van der Waals surface area contributed by atoms with E-state index in [0.717, 1.165) is 16.9 Å². The van der Waals surface area contributed by atoms with Crippen molar-refractivity contribution in [2.24, 2.45) is 0 Å². The molecule has 3 rings (SSSR count). The zero-order chi connectivity index (χ0) is 15.7. The second kappa shape index (κ2) is 5.73. The Hall–Kier alpha value is -1.86. The van der Waals surface area contributed by atoms with Gasteiger partial charge in [0.2, 0.25) is 10.0 Å². The smallest absolute Gasteiger partial charge is 0.219 e. The first-order valence-electron chi connectivity index (χ1n) is 7.06. The van der Waals surface area contributed by atoms with E-state index < -0.39 is 10.0 Å². The van der Waals surface area contributed by atoms with Crippen molar-refractivity contribution in [2.75, 3.05) is 6.61 Å². The van der Waals surface area contributed by atoms with Crippen molar-refractivity contribution in [2.45, 2.75) is 32.1 Å². The maximum atomic E-state index is 12.2. The topological polar surface area (TPSA) is 81.4 Å². The number of rotatable bonds is 4. The van der Waals surface area contributed by atoms with Gasteiger partial charge in [0.1, 0.15) is 18.1 Å². The van der Waals surface area contributed by atoms with Crippen molar-refractivity contribution in [3.8, 4) is 5.75 Å². The number of ether oxygens (including phenoxy) is 1. The van der Waals surface area contributed by atoms with E-state index in [0.29, 0.717) is 24.5 Å². The van der Waals surface area contributed by atoms with Crippen LogP contribution in [0.25, 0.3) is 0 Å². The molecule has 2 aromatic rings. The molecule has 0 bridgehead atoms. The zero-order valence-electron chi connectivity index (χ0n) is 12.5. The lowest BCUT2D eigenvalue weighted by molar-refractivity contribution is 0.252. The summed E-state index contributed by atoms with van der Waals surface area (Å²) in [6, 6.07) is 7.24. The van der Waals surface area contributed by atoms with E-state index in [2.05, 4.69) is 9.88 Å². The standard InChI is InChI=1S/C15H18N2O4S/c1-10-4-3-5-12-7-13(8-20-15(10)12)17-22(18,19)9-14-6-11(2)16-21-14/h3-6,13,17H,7-9H2,1-2H3/t13-/m0/s1. The van der Waals surface area contributed by atoms with Gasteiger partial charge in [0.25, 0.3) is 0 Å². The highest BCUT2D eigenvalue weighted by Crippen LogP contribution is 2.28. The first-order valence-corrected chi connectivity index (χ1v) is 8.72. The van der Waals surface area contributed by atoms with Gasteiger partial charge in [-0.1, -0.05) is 23.4 Å². The van der Waals surface area contributed by atoms with E-state index in [-0.39, 0.29) is 11.8 Å². The molecule has 7 heteroatoms. The normalized spacial score (nSPS) is 17.8. The Kier molecular flexibility index (Phi) is 3.92. The van der Waals surface area contributed by atoms with Crippen LogP contribution >= 0.6 is 0 Å². The van der Waals surface area contributed by atoms with Crippen molar-refractivity contribution in [3.63, 3.8) is 0 Å². The number of hydrogen-bond acceptors (Lipinski definition) is 5.